The number of rotatable bonds is 3. The Hall–Kier alpha value is -1.14. The molecular weight excluding hydrogens is 322 g/mol. The number of aromatic nitrogens is 1. The molecular formula is C14H20BrN3O2. The molecule has 1 amide bonds. The zero-order valence-electron chi connectivity index (χ0n) is 11.9. The normalized spacial score (nSPS) is 16.7. The number of likely N-dealkylation sites (tertiary alicyclic amines) is 1. The molecule has 110 valence electrons. The van der Waals surface area contributed by atoms with E-state index in [4.69, 9.17) is 0 Å². The van der Waals surface area contributed by atoms with Crippen molar-refractivity contribution >= 4 is 21.8 Å². The van der Waals surface area contributed by atoms with Crippen LogP contribution in [0.5, 0.6) is 0 Å². The molecule has 1 fully saturated rings. The third-order valence-corrected chi connectivity index (χ3v) is 4.27. The van der Waals surface area contributed by atoms with E-state index in [0.29, 0.717) is 6.04 Å². The molecule has 2 heterocycles. The van der Waals surface area contributed by atoms with Crippen LogP contribution < -0.4 is 5.56 Å². The molecule has 1 aromatic heterocycles. The zero-order chi connectivity index (χ0) is 14.7. The molecule has 1 aliphatic heterocycles. The van der Waals surface area contributed by atoms with E-state index in [2.05, 4.69) is 34.9 Å². The molecule has 1 saturated heterocycles. The summed E-state index contributed by atoms with van der Waals surface area (Å²) in [6.45, 7) is 1.65. The second-order valence-electron chi connectivity index (χ2n) is 5.39. The Bertz CT molecular complexity index is 533. The van der Waals surface area contributed by atoms with Gasteiger partial charge in [-0.1, -0.05) is 0 Å². The van der Waals surface area contributed by atoms with Crippen molar-refractivity contribution in [2.24, 2.45) is 0 Å². The number of hydrogen-bond donors (Lipinski definition) is 0. The van der Waals surface area contributed by atoms with Crippen LogP contribution in [0.1, 0.15) is 12.8 Å². The largest absolute Gasteiger partial charge is 0.341 e. The van der Waals surface area contributed by atoms with Gasteiger partial charge in [-0.25, -0.2) is 0 Å². The van der Waals surface area contributed by atoms with Crippen LogP contribution in [-0.4, -0.2) is 53.5 Å². The summed E-state index contributed by atoms with van der Waals surface area (Å²) >= 11 is 3.32. The molecule has 0 radical (unpaired) electrons. The van der Waals surface area contributed by atoms with E-state index in [0.717, 1.165) is 30.4 Å². The van der Waals surface area contributed by atoms with Crippen LogP contribution in [0.4, 0.5) is 0 Å². The molecule has 0 atom stereocenters. The van der Waals surface area contributed by atoms with Crippen molar-refractivity contribution in [1.82, 2.24) is 14.4 Å². The van der Waals surface area contributed by atoms with Gasteiger partial charge in [0.25, 0.3) is 5.56 Å². The predicted molar refractivity (Wildman–Crippen MR) is 81.7 cm³/mol. The molecule has 0 N–H and O–H groups in total. The summed E-state index contributed by atoms with van der Waals surface area (Å²) in [4.78, 5) is 28.0. The lowest BCUT2D eigenvalue weighted by molar-refractivity contribution is -0.133. The third-order valence-electron chi connectivity index (χ3n) is 3.80. The first-order valence-corrected chi connectivity index (χ1v) is 7.57. The smallest absolute Gasteiger partial charge is 0.251 e. The Morgan fingerprint density at radius 3 is 2.60 bits per heavy atom. The average Bonchev–Trinajstić information content (AvgIpc) is 2.43. The lowest BCUT2D eigenvalue weighted by Crippen LogP contribution is -2.46. The van der Waals surface area contributed by atoms with E-state index in [1.54, 1.807) is 12.3 Å². The maximum absolute atomic E-state index is 12.2. The Kier molecular flexibility index (Phi) is 4.99. The van der Waals surface area contributed by atoms with Crippen molar-refractivity contribution in [3.05, 3.63) is 33.2 Å². The van der Waals surface area contributed by atoms with Crippen LogP contribution in [0.2, 0.25) is 0 Å². The monoisotopic (exact) mass is 341 g/mol. The Labute approximate surface area is 127 Å². The standard InChI is InChI=1S/C14H20BrN3O2/c1-16(2)12-5-7-17(8-6-12)14(20)10-18-9-11(15)3-4-13(18)19/h3-4,9,12H,5-8,10H2,1-2H3. The van der Waals surface area contributed by atoms with Gasteiger partial charge in [-0.05, 0) is 48.9 Å². The topological polar surface area (TPSA) is 45.5 Å². The van der Waals surface area contributed by atoms with Gasteiger partial charge in [0.2, 0.25) is 5.91 Å². The van der Waals surface area contributed by atoms with Crippen molar-refractivity contribution in [1.29, 1.82) is 0 Å². The van der Waals surface area contributed by atoms with Gasteiger partial charge in [-0.15, -0.1) is 0 Å². The number of hydrogen-bond acceptors (Lipinski definition) is 3. The molecule has 5 nitrogen and oxygen atoms in total. The van der Waals surface area contributed by atoms with Crippen LogP contribution in [0, 0.1) is 0 Å². The lowest BCUT2D eigenvalue weighted by atomic mass is 10.0. The Morgan fingerprint density at radius 1 is 1.35 bits per heavy atom. The fourth-order valence-electron chi connectivity index (χ4n) is 2.50. The molecule has 0 saturated carbocycles. The molecule has 2 rings (SSSR count). The summed E-state index contributed by atoms with van der Waals surface area (Å²) in [7, 11) is 4.15. The van der Waals surface area contributed by atoms with Crippen LogP contribution in [0.3, 0.4) is 0 Å². The van der Waals surface area contributed by atoms with Crippen molar-refractivity contribution in [2.75, 3.05) is 27.2 Å². The quantitative estimate of drug-likeness (QED) is 0.828. The van der Waals surface area contributed by atoms with Crippen LogP contribution in [0.25, 0.3) is 0 Å². The highest BCUT2D eigenvalue weighted by Gasteiger charge is 2.23. The van der Waals surface area contributed by atoms with Crippen LogP contribution in [-0.2, 0) is 11.3 Å². The zero-order valence-corrected chi connectivity index (χ0v) is 13.5. The number of nitrogens with zero attached hydrogens (tertiary/aromatic N) is 3. The number of pyridine rings is 1. The van der Waals surface area contributed by atoms with E-state index < -0.39 is 0 Å². The average molecular weight is 342 g/mol. The SMILES string of the molecule is CN(C)C1CCN(C(=O)Cn2cc(Br)ccc2=O)CC1. The highest BCUT2D eigenvalue weighted by atomic mass is 79.9. The minimum absolute atomic E-state index is 0.0161. The fraction of sp³-hybridized carbons (Fsp3) is 0.571. The molecule has 0 bridgehead atoms. The van der Waals surface area contributed by atoms with E-state index >= 15 is 0 Å². The first kappa shape index (κ1) is 15.3. The van der Waals surface area contributed by atoms with E-state index in [1.807, 2.05) is 4.90 Å². The minimum atomic E-state index is -0.148. The first-order chi connectivity index (χ1) is 9.47. The maximum atomic E-state index is 12.2. The minimum Gasteiger partial charge on any atom is -0.341 e. The summed E-state index contributed by atoms with van der Waals surface area (Å²) < 4.78 is 2.25. The number of amides is 1. The molecule has 0 aliphatic carbocycles. The Balaban J connectivity index is 1.96. The van der Waals surface area contributed by atoms with Gasteiger partial charge in [0.05, 0.1) is 0 Å². The molecule has 1 aromatic rings. The molecule has 1 aliphatic rings. The summed E-state index contributed by atoms with van der Waals surface area (Å²) in [6.07, 6.45) is 3.64. The second kappa shape index (κ2) is 6.54. The van der Waals surface area contributed by atoms with E-state index in [1.165, 1.54) is 10.6 Å². The van der Waals surface area contributed by atoms with Crippen molar-refractivity contribution < 1.29 is 4.79 Å². The number of piperidine rings is 1. The van der Waals surface area contributed by atoms with Crippen molar-refractivity contribution in [3.63, 3.8) is 0 Å². The molecule has 20 heavy (non-hydrogen) atoms. The summed E-state index contributed by atoms with van der Waals surface area (Å²) in [5.41, 5.74) is -0.148. The third kappa shape index (κ3) is 3.70. The van der Waals surface area contributed by atoms with Crippen molar-refractivity contribution in [2.45, 2.75) is 25.4 Å². The number of carbonyl (C=O) groups is 1. The van der Waals surface area contributed by atoms with Gasteiger partial charge in [0, 0.05) is 35.9 Å². The molecule has 0 aromatic carbocycles. The predicted octanol–water partition coefficient (Wildman–Crippen LogP) is 1.16. The highest BCUT2D eigenvalue weighted by molar-refractivity contribution is 9.10. The van der Waals surface area contributed by atoms with Gasteiger partial charge < -0.3 is 14.4 Å². The van der Waals surface area contributed by atoms with Gasteiger partial charge in [-0.2, -0.15) is 0 Å². The maximum Gasteiger partial charge on any atom is 0.251 e. The second-order valence-corrected chi connectivity index (χ2v) is 6.30. The highest BCUT2D eigenvalue weighted by Crippen LogP contribution is 2.14. The van der Waals surface area contributed by atoms with Gasteiger partial charge in [0.15, 0.2) is 0 Å². The van der Waals surface area contributed by atoms with E-state index in [-0.39, 0.29) is 18.0 Å². The van der Waals surface area contributed by atoms with Gasteiger partial charge in [-0.3, -0.25) is 9.59 Å². The first-order valence-electron chi connectivity index (χ1n) is 6.77. The molecule has 0 spiro atoms. The van der Waals surface area contributed by atoms with Gasteiger partial charge >= 0.3 is 0 Å². The van der Waals surface area contributed by atoms with Crippen molar-refractivity contribution in [3.8, 4) is 0 Å². The van der Waals surface area contributed by atoms with Crippen LogP contribution in [0.15, 0.2) is 27.6 Å². The summed E-state index contributed by atoms with van der Waals surface area (Å²) in [6, 6.07) is 3.70. The summed E-state index contributed by atoms with van der Waals surface area (Å²) in [5, 5.41) is 0. The Morgan fingerprint density at radius 2 is 2.00 bits per heavy atom. The molecule has 6 heteroatoms. The lowest BCUT2D eigenvalue weighted by Gasteiger charge is -2.35. The number of carbonyl (C=O) groups excluding carboxylic acids is 1. The van der Waals surface area contributed by atoms with E-state index in [9.17, 15) is 9.59 Å². The van der Waals surface area contributed by atoms with Crippen LogP contribution >= 0.6 is 15.9 Å². The summed E-state index contributed by atoms with van der Waals surface area (Å²) in [5.74, 6) is 0.0161. The molecule has 0 unspecified atom stereocenters. The fourth-order valence-corrected chi connectivity index (χ4v) is 2.88. The number of halogens is 1. The van der Waals surface area contributed by atoms with Gasteiger partial charge in [0.1, 0.15) is 6.54 Å².